The minimum absolute atomic E-state index is 0. The van der Waals surface area contributed by atoms with Gasteiger partial charge in [-0.3, -0.25) is 4.72 Å². The van der Waals surface area contributed by atoms with Crippen LogP contribution in [-0.2, 0) is 10.0 Å². The molecule has 0 heterocycles. The molecule has 0 unspecified atom stereocenters. The van der Waals surface area contributed by atoms with Gasteiger partial charge in [0.2, 0.25) is 0 Å². The molecule has 0 saturated heterocycles. The predicted octanol–water partition coefficient (Wildman–Crippen LogP) is 7.25. The summed E-state index contributed by atoms with van der Waals surface area (Å²) in [6.07, 6.45) is 0. The molecule has 0 aliphatic carbocycles. The number of hydrogen-bond acceptors (Lipinski definition) is 2. The van der Waals surface area contributed by atoms with E-state index in [0.29, 0.717) is 5.92 Å². The number of benzene rings is 3. The van der Waals surface area contributed by atoms with Crippen molar-refractivity contribution in [2.45, 2.75) is 51.3 Å². The summed E-state index contributed by atoms with van der Waals surface area (Å²) in [7, 11) is -3.78. The van der Waals surface area contributed by atoms with Gasteiger partial charge >= 0.3 is 0 Å². The fraction of sp³-hybridized carbons (Fsp3) is 0.280. The van der Waals surface area contributed by atoms with Crippen LogP contribution in [0.1, 0.15) is 57.6 Å². The fourth-order valence-corrected chi connectivity index (χ4v) is 4.01. The lowest BCUT2D eigenvalue weighted by molar-refractivity contribution is 0.598. The summed E-state index contributed by atoms with van der Waals surface area (Å²) in [6, 6.07) is 17.5. The Morgan fingerprint density at radius 1 is 0.806 bits per heavy atom. The van der Waals surface area contributed by atoms with Crippen molar-refractivity contribution in [3.8, 4) is 0 Å². The van der Waals surface area contributed by atoms with Crippen LogP contribution in [-0.4, -0.2) is 8.42 Å². The van der Waals surface area contributed by atoms with Gasteiger partial charge in [-0.1, -0.05) is 58.0 Å². The molecule has 31 heavy (non-hydrogen) atoms. The highest BCUT2D eigenvalue weighted by Gasteiger charge is 2.16. The molecule has 0 saturated carbocycles. The largest absolute Gasteiger partial charge is 0.277 e. The molecule has 168 valence electrons. The molecule has 0 bridgehead atoms. The fourth-order valence-electron chi connectivity index (χ4n) is 2.89. The average Bonchev–Trinajstić information content (AvgIpc) is 2.69. The minimum Gasteiger partial charge on any atom is -0.277 e. The van der Waals surface area contributed by atoms with Crippen LogP contribution in [0.5, 0.6) is 0 Å². The van der Waals surface area contributed by atoms with E-state index in [4.69, 9.17) is 0 Å². The lowest BCUT2D eigenvalue weighted by Gasteiger charge is -2.11. The average molecular weight is 448 g/mol. The van der Waals surface area contributed by atoms with E-state index >= 15 is 0 Å². The molecule has 3 rings (SSSR count). The second-order valence-corrected chi connectivity index (χ2v) is 9.71. The second-order valence-electron chi connectivity index (χ2n) is 8.03. The van der Waals surface area contributed by atoms with E-state index in [-0.39, 0.29) is 23.7 Å². The number of nitrogens with one attached hydrogen (secondary N) is 1. The quantitative estimate of drug-likeness (QED) is 0.448. The molecule has 0 aromatic heterocycles. The monoisotopic (exact) mass is 447 g/mol. The number of aryl methyl sites for hydroxylation is 1. The lowest BCUT2D eigenvalue weighted by Crippen LogP contribution is -2.14. The van der Waals surface area contributed by atoms with Crippen LogP contribution in [0.25, 0.3) is 0 Å². The predicted molar refractivity (Wildman–Crippen MR) is 125 cm³/mol. The van der Waals surface area contributed by atoms with Gasteiger partial charge in [0.1, 0.15) is 11.6 Å². The molecule has 1 N–H and O–H groups in total. The Morgan fingerprint density at radius 2 is 1.45 bits per heavy atom. The molecular weight excluding hydrogens is 416 g/mol. The Kier molecular flexibility index (Phi) is 8.34. The van der Waals surface area contributed by atoms with Gasteiger partial charge in [0.15, 0.2) is 0 Å². The maximum Gasteiger partial charge on any atom is 0.261 e. The van der Waals surface area contributed by atoms with E-state index in [1.54, 1.807) is 30.3 Å². The van der Waals surface area contributed by atoms with Crippen LogP contribution in [0.15, 0.2) is 71.6 Å². The van der Waals surface area contributed by atoms with Crippen LogP contribution in [0.2, 0.25) is 0 Å². The third-order valence-corrected chi connectivity index (χ3v) is 6.05. The first-order valence-corrected chi connectivity index (χ1v) is 11.6. The molecule has 3 nitrogen and oxygen atoms in total. The van der Waals surface area contributed by atoms with Gasteiger partial charge < -0.3 is 0 Å². The highest BCUT2D eigenvalue weighted by Crippen LogP contribution is 2.22. The van der Waals surface area contributed by atoms with Crippen molar-refractivity contribution in [1.82, 2.24) is 0 Å². The Balaban J connectivity index is 0.000000364. The number of sulfonamides is 1. The van der Waals surface area contributed by atoms with Gasteiger partial charge in [-0.25, -0.2) is 17.2 Å². The molecule has 3 aromatic rings. The van der Waals surface area contributed by atoms with Crippen molar-refractivity contribution in [3.05, 3.63) is 95.1 Å². The smallest absolute Gasteiger partial charge is 0.261 e. The number of rotatable bonds is 5. The summed E-state index contributed by atoms with van der Waals surface area (Å²) in [6.45, 7) is 10.0. The van der Waals surface area contributed by atoms with Gasteiger partial charge in [-0.15, -0.1) is 0 Å². The van der Waals surface area contributed by atoms with Crippen molar-refractivity contribution in [1.29, 1.82) is 0 Å². The Morgan fingerprint density at radius 3 is 2.03 bits per heavy atom. The lowest BCUT2D eigenvalue weighted by atomic mass is 10.0. The van der Waals surface area contributed by atoms with E-state index in [1.165, 1.54) is 24.3 Å². The van der Waals surface area contributed by atoms with E-state index in [1.807, 2.05) is 32.9 Å². The zero-order chi connectivity index (χ0) is 23.2. The zero-order valence-corrected chi connectivity index (χ0v) is 19.3. The molecule has 3 aromatic carbocycles. The molecule has 0 aliphatic rings. The Hall–Kier alpha value is -2.73. The van der Waals surface area contributed by atoms with Gasteiger partial charge in [-0.2, -0.15) is 0 Å². The molecule has 0 amide bonds. The van der Waals surface area contributed by atoms with Gasteiger partial charge in [0, 0.05) is 1.43 Å². The SMILES string of the molecule is CC(C)c1cccc(S(=O)(=O)Nc2ccccc2F)c1.Cc1cc(F)cc(C(C)C)c1.[HH]. The summed E-state index contributed by atoms with van der Waals surface area (Å²) < 4.78 is 53.1. The number of hydrogen-bond donors (Lipinski definition) is 1. The van der Waals surface area contributed by atoms with Crippen LogP contribution in [0, 0.1) is 18.6 Å². The van der Waals surface area contributed by atoms with Crippen LogP contribution in [0.4, 0.5) is 14.5 Å². The van der Waals surface area contributed by atoms with Crippen molar-refractivity contribution >= 4 is 15.7 Å². The molecule has 0 radical (unpaired) electrons. The van der Waals surface area contributed by atoms with Crippen molar-refractivity contribution in [3.63, 3.8) is 0 Å². The molecule has 0 atom stereocenters. The van der Waals surface area contributed by atoms with Crippen molar-refractivity contribution in [2.75, 3.05) is 4.72 Å². The van der Waals surface area contributed by atoms with E-state index in [0.717, 1.165) is 16.7 Å². The molecule has 0 fully saturated rings. The first-order valence-electron chi connectivity index (χ1n) is 10.1. The molecule has 0 aliphatic heterocycles. The van der Waals surface area contributed by atoms with E-state index in [9.17, 15) is 17.2 Å². The van der Waals surface area contributed by atoms with Gasteiger partial charge in [0.05, 0.1) is 10.6 Å². The Bertz CT molecular complexity index is 1110. The van der Waals surface area contributed by atoms with Gasteiger partial charge in [0.25, 0.3) is 10.0 Å². The maximum absolute atomic E-state index is 13.5. The number of halogens is 2. The Labute approximate surface area is 185 Å². The second kappa shape index (κ2) is 10.5. The molecule has 6 heteroatoms. The summed E-state index contributed by atoms with van der Waals surface area (Å²) in [5, 5.41) is 0. The molecule has 0 spiro atoms. The van der Waals surface area contributed by atoms with Crippen molar-refractivity contribution < 1.29 is 18.6 Å². The zero-order valence-electron chi connectivity index (χ0n) is 18.5. The molecular formula is C25H31F2NO2S. The first kappa shape index (κ1) is 24.5. The van der Waals surface area contributed by atoms with Crippen molar-refractivity contribution in [2.24, 2.45) is 0 Å². The normalized spacial score (nSPS) is 11.3. The third-order valence-electron chi connectivity index (χ3n) is 4.68. The topological polar surface area (TPSA) is 46.2 Å². The number of anilines is 1. The summed E-state index contributed by atoms with van der Waals surface area (Å²) in [4.78, 5) is 0.131. The minimum atomic E-state index is -3.78. The first-order chi connectivity index (χ1) is 14.5. The van der Waals surface area contributed by atoms with Gasteiger partial charge in [-0.05, 0) is 71.8 Å². The van der Waals surface area contributed by atoms with Crippen LogP contribution < -0.4 is 4.72 Å². The number of para-hydroxylation sites is 1. The third kappa shape index (κ3) is 7.17. The standard InChI is InChI=1S/C15H16FNO2S.C10H13F.H2/c1-11(2)12-6-5-7-13(10-12)20(18,19)17-15-9-4-3-8-14(15)16;1-7(2)9-4-8(3)5-10(11)6-9;/h3-11,17H,1-2H3;4-7H,1-3H3;1H. The highest BCUT2D eigenvalue weighted by atomic mass is 32.2. The van der Waals surface area contributed by atoms with Crippen LogP contribution in [0.3, 0.4) is 0 Å². The van der Waals surface area contributed by atoms with E-state index < -0.39 is 15.8 Å². The summed E-state index contributed by atoms with van der Waals surface area (Å²) in [5.74, 6) is -0.104. The highest BCUT2D eigenvalue weighted by molar-refractivity contribution is 7.92. The summed E-state index contributed by atoms with van der Waals surface area (Å²) in [5.41, 5.74) is 2.93. The van der Waals surface area contributed by atoms with E-state index in [2.05, 4.69) is 18.6 Å². The maximum atomic E-state index is 13.5. The summed E-state index contributed by atoms with van der Waals surface area (Å²) >= 11 is 0. The van der Waals surface area contributed by atoms with Crippen LogP contribution >= 0.6 is 0 Å².